The number of anilines is 1. The van der Waals surface area contributed by atoms with Crippen LogP contribution in [0.3, 0.4) is 0 Å². The molecule has 2 unspecified atom stereocenters. The van der Waals surface area contributed by atoms with Crippen LogP contribution in [0.1, 0.15) is 40.1 Å². The van der Waals surface area contributed by atoms with Crippen molar-refractivity contribution in [2.24, 2.45) is 5.92 Å². The monoisotopic (exact) mass is 438 g/mol. The molecule has 1 aliphatic heterocycles. The normalized spacial score (nSPS) is 18.8. The Morgan fingerprint density at radius 3 is 2.71 bits per heavy atom. The van der Waals surface area contributed by atoms with Gasteiger partial charge in [0.15, 0.2) is 0 Å². The third-order valence-electron chi connectivity index (χ3n) is 5.80. The lowest BCUT2D eigenvalue weighted by molar-refractivity contribution is 0.0545. The number of pyridine rings is 1. The molecule has 3 heterocycles. The Bertz CT molecular complexity index is 1070. The molecule has 31 heavy (non-hydrogen) atoms. The Hall–Kier alpha value is -2.80. The molecular formula is C24H27FN4OS. The van der Waals surface area contributed by atoms with E-state index in [2.05, 4.69) is 22.2 Å². The lowest BCUT2D eigenvalue weighted by Crippen LogP contribution is -2.51. The summed E-state index contributed by atoms with van der Waals surface area (Å²) in [6.07, 6.45) is 2.07. The molecule has 3 aromatic rings. The van der Waals surface area contributed by atoms with Gasteiger partial charge in [0.2, 0.25) is 0 Å². The van der Waals surface area contributed by atoms with Crippen LogP contribution in [0, 0.1) is 25.6 Å². The number of halogens is 1. The number of hydrogen-bond acceptors (Lipinski definition) is 5. The summed E-state index contributed by atoms with van der Waals surface area (Å²) in [4.78, 5) is 25.4. The van der Waals surface area contributed by atoms with Crippen LogP contribution in [-0.2, 0) is 0 Å². The van der Waals surface area contributed by atoms with Crippen LogP contribution in [0.4, 0.5) is 10.2 Å². The van der Waals surface area contributed by atoms with E-state index in [1.807, 2.05) is 36.9 Å². The molecule has 1 aromatic carbocycles. The summed E-state index contributed by atoms with van der Waals surface area (Å²) in [5.41, 5.74) is 2.36. The molecule has 1 N–H and O–H groups in total. The van der Waals surface area contributed by atoms with Crippen LogP contribution < -0.4 is 5.32 Å². The van der Waals surface area contributed by atoms with Gasteiger partial charge in [-0.1, -0.05) is 13.0 Å². The lowest BCUT2D eigenvalue weighted by Gasteiger charge is -2.40. The van der Waals surface area contributed by atoms with E-state index in [0.29, 0.717) is 23.0 Å². The number of benzene rings is 1. The molecule has 2 aromatic heterocycles. The number of hydrogen-bond donors (Lipinski definition) is 1. The Balaban J connectivity index is 1.59. The predicted octanol–water partition coefficient (Wildman–Crippen LogP) is 5.31. The zero-order valence-electron chi connectivity index (χ0n) is 18.1. The number of nitrogens with one attached hydrogen (secondary N) is 1. The first-order valence-electron chi connectivity index (χ1n) is 10.6. The summed E-state index contributed by atoms with van der Waals surface area (Å²) in [7, 11) is 0. The standard InChI is InChI=1S/C24H27FN4OS/c1-15-6-5-13-29(20(15)14-26-21-8-4-7-16(2)27-21)24(30)23-22(28-17(3)31-23)18-9-11-19(25)12-10-18/h4,7-12,15,20H,5-6,13-14H2,1-3H3,(H,26,27). The highest BCUT2D eigenvalue weighted by atomic mass is 32.1. The second-order valence-corrected chi connectivity index (χ2v) is 9.35. The molecule has 4 rings (SSSR count). The van der Waals surface area contributed by atoms with Crippen molar-refractivity contribution < 1.29 is 9.18 Å². The fraction of sp³-hybridized carbons (Fsp3) is 0.375. The molecule has 0 aliphatic carbocycles. The minimum Gasteiger partial charge on any atom is -0.368 e. The second-order valence-electron chi connectivity index (χ2n) is 8.15. The number of piperidine rings is 1. The maximum Gasteiger partial charge on any atom is 0.266 e. The molecule has 2 atom stereocenters. The maximum absolute atomic E-state index is 13.7. The number of amides is 1. The topological polar surface area (TPSA) is 58.1 Å². The summed E-state index contributed by atoms with van der Waals surface area (Å²) < 4.78 is 13.4. The highest BCUT2D eigenvalue weighted by Gasteiger charge is 2.34. The second kappa shape index (κ2) is 9.14. The molecule has 0 radical (unpaired) electrons. The first-order chi connectivity index (χ1) is 14.9. The Labute approximate surface area is 186 Å². The number of aromatic nitrogens is 2. The highest BCUT2D eigenvalue weighted by Crippen LogP contribution is 2.32. The van der Waals surface area contributed by atoms with Gasteiger partial charge in [-0.25, -0.2) is 14.4 Å². The molecular weight excluding hydrogens is 411 g/mol. The van der Waals surface area contributed by atoms with Gasteiger partial charge in [-0.15, -0.1) is 11.3 Å². The summed E-state index contributed by atoms with van der Waals surface area (Å²) in [5, 5.41) is 4.25. The Morgan fingerprint density at radius 1 is 1.19 bits per heavy atom. The Kier molecular flexibility index (Phi) is 6.32. The van der Waals surface area contributed by atoms with Gasteiger partial charge in [0, 0.05) is 24.3 Å². The zero-order chi connectivity index (χ0) is 22.0. The minimum absolute atomic E-state index is 0.000441. The van der Waals surface area contributed by atoms with E-state index in [1.54, 1.807) is 12.1 Å². The lowest BCUT2D eigenvalue weighted by atomic mass is 9.90. The summed E-state index contributed by atoms with van der Waals surface area (Å²) in [6.45, 7) is 7.43. The molecule has 162 valence electrons. The van der Waals surface area contributed by atoms with Crippen molar-refractivity contribution in [2.45, 2.75) is 39.7 Å². The maximum atomic E-state index is 13.7. The van der Waals surface area contributed by atoms with Crippen molar-refractivity contribution >= 4 is 23.1 Å². The largest absolute Gasteiger partial charge is 0.368 e. The van der Waals surface area contributed by atoms with E-state index in [0.717, 1.165) is 41.5 Å². The van der Waals surface area contributed by atoms with E-state index in [9.17, 15) is 9.18 Å². The third-order valence-corrected chi connectivity index (χ3v) is 6.76. The smallest absolute Gasteiger partial charge is 0.266 e. The molecule has 7 heteroatoms. The van der Waals surface area contributed by atoms with Crippen molar-refractivity contribution in [3.8, 4) is 11.3 Å². The molecule has 5 nitrogen and oxygen atoms in total. The quantitative estimate of drug-likeness (QED) is 0.586. The van der Waals surface area contributed by atoms with Gasteiger partial charge in [-0.05, 0) is 69.0 Å². The van der Waals surface area contributed by atoms with Gasteiger partial charge in [-0.2, -0.15) is 0 Å². The molecule has 1 saturated heterocycles. The molecule has 0 saturated carbocycles. The zero-order valence-corrected chi connectivity index (χ0v) is 18.9. The SMILES string of the molecule is Cc1cccc(NCC2C(C)CCCN2C(=O)c2sc(C)nc2-c2ccc(F)cc2)n1. The van der Waals surface area contributed by atoms with Crippen LogP contribution in [0.5, 0.6) is 0 Å². The van der Waals surface area contributed by atoms with Gasteiger partial charge in [0.05, 0.1) is 16.7 Å². The van der Waals surface area contributed by atoms with Crippen molar-refractivity contribution in [2.75, 3.05) is 18.4 Å². The van der Waals surface area contributed by atoms with E-state index < -0.39 is 0 Å². The summed E-state index contributed by atoms with van der Waals surface area (Å²) in [5.74, 6) is 0.897. The van der Waals surface area contributed by atoms with Crippen LogP contribution in [0.25, 0.3) is 11.3 Å². The molecule has 0 bridgehead atoms. The van der Waals surface area contributed by atoms with Crippen molar-refractivity contribution in [1.82, 2.24) is 14.9 Å². The van der Waals surface area contributed by atoms with Gasteiger partial charge in [0.1, 0.15) is 16.5 Å². The number of carbonyl (C=O) groups is 1. The van der Waals surface area contributed by atoms with Gasteiger partial charge in [0.25, 0.3) is 5.91 Å². The minimum atomic E-state index is -0.302. The fourth-order valence-electron chi connectivity index (χ4n) is 4.17. The number of rotatable bonds is 5. The number of nitrogens with zero attached hydrogens (tertiary/aromatic N) is 3. The molecule has 1 aliphatic rings. The van der Waals surface area contributed by atoms with Crippen LogP contribution >= 0.6 is 11.3 Å². The molecule has 0 spiro atoms. The average Bonchev–Trinajstić information content (AvgIpc) is 3.14. The fourth-order valence-corrected chi connectivity index (χ4v) is 5.07. The molecule has 1 fully saturated rings. The van der Waals surface area contributed by atoms with Gasteiger partial charge in [-0.3, -0.25) is 4.79 Å². The number of aryl methyl sites for hydroxylation is 2. The van der Waals surface area contributed by atoms with E-state index >= 15 is 0 Å². The third kappa shape index (κ3) is 4.77. The van der Waals surface area contributed by atoms with Crippen LogP contribution in [0.2, 0.25) is 0 Å². The average molecular weight is 439 g/mol. The predicted molar refractivity (Wildman–Crippen MR) is 123 cm³/mol. The summed E-state index contributed by atoms with van der Waals surface area (Å²) in [6, 6.07) is 12.1. The molecule has 1 amide bonds. The van der Waals surface area contributed by atoms with Crippen LogP contribution in [-0.4, -0.2) is 39.9 Å². The van der Waals surface area contributed by atoms with Crippen molar-refractivity contribution in [1.29, 1.82) is 0 Å². The Morgan fingerprint density at radius 2 is 1.97 bits per heavy atom. The van der Waals surface area contributed by atoms with Crippen LogP contribution in [0.15, 0.2) is 42.5 Å². The van der Waals surface area contributed by atoms with Crippen molar-refractivity contribution in [3.63, 3.8) is 0 Å². The first-order valence-corrected chi connectivity index (χ1v) is 11.5. The van der Waals surface area contributed by atoms with Gasteiger partial charge < -0.3 is 10.2 Å². The van der Waals surface area contributed by atoms with E-state index in [4.69, 9.17) is 0 Å². The first kappa shape index (κ1) is 21.4. The number of thiazole rings is 1. The van der Waals surface area contributed by atoms with Gasteiger partial charge >= 0.3 is 0 Å². The van der Waals surface area contributed by atoms with E-state index in [1.165, 1.54) is 23.5 Å². The number of carbonyl (C=O) groups excluding carboxylic acids is 1. The summed E-state index contributed by atoms with van der Waals surface area (Å²) >= 11 is 1.41. The van der Waals surface area contributed by atoms with Crippen molar-refractivity contribution in [3.05, 3.63) is 63.9 Å². The van der Waals surface area contributed by atoms with E-state index in [-0.39, 0.29) is 17.8 Å². The highest BCUT2D eigenvalue weighted by molar-refractivity contribution is 7.14. The number of likely N-dealkylation sites (tertiary alicyclic amines) is 1.